The molecule has 35 heavy (non-hydrogen) atoms. The molecule has 188 valence electrons. The fraction of sp³-hybridized carbons (Fsp3) is 0.593. The average molecular weight is 494 g/mol. The molecule has 0 aromatic carbocycles. The van der Waals surface area contributed by atoms with Crippen LogP contribution in [0.25, 0.3) is 11.3 Å². The molecule has 2 N–H and O–H groups in total. The van der Waals surface area contributed by atoms with Gasteiger partial charge >= 0.3 is 0 Å². The van der Waals surface area contributed by atoms with E-state index in [0.717, 1.165) is 52.4 Å². The van der Waals surface area contributed by atoms with Gasteiger partial charge in [0.15, 0.2) is 0 Å². The fourth-order valence-electron chi connectivity index (χ4n) is 5.54. The third kappa shape index (κ3) is 5.65. The van der Waals surface area contributed by atoms with Gasteiger partial charge in [0, 0.05) is 42.2 Å². The lowest BCUT2D eigenvalue weighted by Crippen LogP contribution is -2.48. The van der Waals surface area contributed by atoms with Gasteiger partial charge in [0.25, 0.3) is 0 Å². The Kier molecular flexibility index (Phi) is 7.90. The summed E-state index contributed by atoms with van der Waals surface area (Å²) in [5, 5.41) is 10.1. The van der Waals surface area contributed by atoms with Crippen LogP contribution < -0.4 is 0 Å². The van der Waals surface area contributed by atoms with Crippen molar-refractivity contribution in [2.24, 2.45) is 15.9 Å². The van der Waals surface area contributed by atoms with Crippen LogP contribution in [0.4, 0.5) is 5.69 Å². The third-order valence-corrected chi connectivity index (χ3v) is 8.88. The lowest BCUT2D eigenvalue weighted by Gasteiger charge is -2.41. The lowest BCUT2D eigenvalue weighted by atomic mass is 9.93. The van der Waals surface area contributed by atoms with Crippen molar-refractivity contribution in [3.05, 3.63) is 42.0 Å². The molecule has 2 fully saturated rings. The molecule has 0 bridgehead atoms. The molecule has 0 saturated carbocycles. The maximum Gasteiger partial charge on any atom is 0.115 e. The smallest absolute Gasteiger partial charge is 0.115 e. The Hall–Kier alpha value is -2.16. The number of aliphatic hydroxyl groups is 1. The van der Waals surface area contributed by atoms with E-state index in [0.29, 0.717) is 13.0 Å². The van der Waals surface area contributed by atoms with Gasteiger partial charge in [-0.2, -0.15) is 6.20 Å². The second-order valence-corrected chi connectivity index (χ2v) is 11.1. The van der Waals surface area contributed by atoms with Crippen LogP contribution in [0.2, 0.25) is 0 Å². The normalized spacial score (nSPS) is 27.0. The molecule has 1 aromatic rings. The van der Waals surface area contributed by atoms with Crippen LogP contribution in [-0.4, -0.2) is 82.1 Å². The third-order valence-electron chi connectivity index (χ3n) is 7.84. The first-order valence-electron chi connectivity index (χ1n) is 13.1. The van der Waals surface area contributed by atoms with Gasteiger partial charge in [-0.25, -0.2) is 4.99 Å². The Morgan fingerprint density at radius 2 is 1.94 bits per heavy atom. The highest BCUT2D eigenvalue weighted by Gasteiger charge is 2.28. The zero-order valence-electron chi connectivity index (χ0n) is 20.7. The summed E-state index contributed by atoms with van der Waals surface area (Å²) in [5.41, 5.74) is 11.2. The molecule has 8 heteroatoms. The zero-order chi connectivity index (χ0) is 24.2. The van der Waals surface area contributed by atoms with E-state index in [2.05, 4.69) is 25.8 Å². The number of pyridine rings is 1. The van der Waals surface area contributed by atoms with E-state index < -0.39 is 0 Å². The quantitative estimate of drug-likeness (QED) is 0.599. The first-order valence-corrected chi connectivity index (χ1v) is 14.1. The Morgan fingerprint density at radius 1 is 1.14 bits per heavy atom. The molecule has 5 heterocycles. The van der Waals surface area contributed by atoms with Crippen molar-refractivity contribution in [3.63, 3.8) is 0 Å². The van der Waals surface area contributed by atoms with Gasteiger partial charge < -0.3 is 20.6 Å². The average Bonchev–Trinajstić information content (AvgIpc) is 2.91. The van der Waals surface area contributed by atoms with E-state index in [1.165, 1.54) is 57.2 Å². The predicted molar refractivity (Wildman–Crippen MR) is 146 cm³/mol. The minimum absolute atomic E-state index is 0.0108. The summed E-state index contributed by atoms with van der Waals surface area (Å²) < 4.78 is 0. The van der Waals surface area contributed by atoms with Crippen molar-refractivity contribution >= 4 is 34.6 Å². The number of rotatable bonds is 4. The first-order chi connectivity index (χ1) is 17.1. The number of hydrogen-bond acceptors (Lipinski definition) is 7. The summed E-state index contributed by atoms with van der Waals surface area (Å²) in [6, 6.07) is 2.79. The van der Waals surface area contributed by atoms with Crippen LogP contribution in [0.3, 0.4) is 0 Å². The number of allylic oxidation sites excluding steroid dienone is 3. The number of thioether (sulfide) groups is 1. The Morgan fingerprint density at radius 3 is 2.71 bits per heavy atom. The van der Waals surface area contributed by atoms with Gasteiger partial charge in [0.1, 0.15) is 5.84 Å². The van der Waals surface area contributed by atoms with E-state index >= 15 is 0 Å². The maximum absolute atomic E-state index is 10.1. The fourth-order valence-corrected chi connectivity index (χ4v) is 6.51. The number of fused-ring (bicyclic) bond motifs is 1. The Labute approximate surface area is 213 Å². The van der Waals surface area contributed by atoms with E-state index in [1.54, 1.807) is 0 Å². The standard InChI is InChI=1S/C27H37N6OS/c1-19-22(29-10-7-25(19)34)6-5-20(16-28)23-15-26-24(17-30-23)31-27(18-35-26)33-13-8-21(9-14-33)32-11-3-2-4-12-32/h5-6,15-17,19,21,25,28,34H,2-4,7-14,18H2,1H3/q-1/b6-5-,20-16+/t19-,25?/m0/s1. The van der Waals surface area contributed by atoms with Crippen LogP contribution in [-0.2, 0) is 0 Å². The number of aliphatic imine (C=N–C) groups is 2. The molecule has 0 aliphatic carbocycles. The number of nitrogens with one attached hydrogen (secondary N) is 1. The van der Waals surface area contributed by atoms with Crippen LogP contribution in [0.1, 0.15) is 51.1 Å². The number of piperidine rings is 2. The molecule has 0 amide bonds. The van der Waals surface area contributed by atoms with E-state index in [-0.39, 0.29) is 12.0 Å². The van der Waals surface area contributed by atoms with Gasteiger partial charge in [-0.05, 0) is 62.9 Å². The summed E-state index contributed by atoms with van der Waals surface area (Å²) in [4.78, 5) is 20.5. The number of hydrogen-bond donors (Lipinski definition) is 1. The topological polar surface area (TPSA) is 88.1 Å². The van der Waals surface area contributed by atoms with Gasteiger partial charge in [-0.1, -0.05) is 19.4 Å². The number of nitrogens with zero attached hydrogens (tertiary/aromatic N) is 5. The second-order valence-electron chi connectivity index (χ2n) is 10.1. The predicted octanol–water partition coefficient (Wildman–Crippen LogP) is 4.96. The number of aliphatic hydroxyl groups excluding tert-OH is 1. The van der Waals surface area contributed by atoms with Crippen molar-refractivity contribution in [3.8, 4) is 0 Å². The molecule has 4 aliphatic heterocycles. The van der Waals surface area contributed by atoms with Crippen molar-refractivity contribution in [1.29, 1.82) is 0 Å². The second kappa shape index (κ2) is 11.3. The summed E-state index contributed by atoms with van der Waals surface area (Å²) >= 11 is 1.82. The lowest BCUT2D eigenvalue weighted by molar-refractivity contribution is 0.115. The van der Waals surface area contributed by atoms with Gasteiger partial charge in [-0.3, -0.25) is 9.98 Å². The van der Waals surface area contributed by atoms with Gasteiger partial charge in [0.2, 0.25) is 0 Å². The van der Waals surface area contributed by atoms with Crippen LogP contribution in [0.15, 0.2) is 45.5 Å². The molecular weight excluding hydrogens is 456 g/mol. The zero-order valence-corrected chi connectivity index (χ0v) is 21.5. The number of aromatic nitrogens is 1. The van der Waals surface area contributed by atoms with Crippen molar-refractivity contribution in [1.82, 2.24) is 14.8 Å². The SMILES string of the molecule is C[C@H]1C(/C=C\C(=C/[NH-])c2cc3c(cn2)N=C(N2CCC(N4CCCCC4)CC2)CS3)=NCCC1O. The highest BCUT2D eigenvalue weighted by molar-refractivity contribution is 8.00. The van der Waals surface area contributed by atoms with E-state index in [9.17, 15) is 5.11 Å². The summed E-state index contributed by atoms with van der Waals surface area (Å²) in [7, 11) is 0. The highest BCUT2D eigenvalue weighted by Crippen LogP contribution is 2.36. The molecule has 1 unspecified atom stereocenters. The molecular formula is C27H37N6OS-. The summed E-state index contributed by atoms with van der Waals surface area (Å²) in [6.45, 7) is 7.39. The van der Waals surface area contributed by atoms with Crippen LogP contribution in [0.5, 0.6) is 0 Å². The van der Waals surface area contributed by atoms with Gasteiger partial charge in [-0.15, -0.1) is 11.8 Å². The van der Waals surface area contributed by atoms with E-state index in [4.69, 9.17) is 10.7 Å². The summed E-state index contributed by atoms with van der Waals surface area (Å²) in [5.74, 6) is 2.07. The molecule has 4 aliphatic rings. The Bertz CT molecular complexity index is 1020. The molecule has 2 saturated heterocycles. The monoisotopic (exact) mass is 493 g/mol. The van der Waals surface area contributed by atoms with Crippen LogP contribution in [0, 0.1) is 5.92 Å². The molecule has 0 radical (unpaired) electrons. The molecule has 1 aromatic heterocycles. The van der Waals surface area contributed by atoms with Crippen molar-refractivity contribution in [2.75, 3.05) is 38.5 Å². The van der Waals surface area contributed by atoms with Crippen molar-refractivity contribution in [2.45, 2.75) is 62.5 Å². The first kappa shape index (κ1) is 24.5. The number of amidine groups is 1. The number of likely N-dealkylation sites (tertiary alicyclic amines) is 2. The molecule has 0 spiro atoms. The molecule has 5 rings (SSSR count). The Balaban J connectivity index is 1.23. The van der Waals surface area contributed by atoms with E-state index in [1.807, 2.05) is 37.0 Å². The minimum Gasteiger partial charge on any atom is -0.704 e. The van der Waals surface area contributed by atoms with Gasteiger partial charge in [0.05, 0.1) is 29.4 Å². The summed E-state index contributed by atoms with van der Waals surface area (Å²) in [6.07, 6.45) is 13.9. The highest BCUT2D eigenvalue weighted by atomic mass is 32.2. The maximum atomic E-state index is 10.1. The molecule has 2 atom stereocenters. The minimum atomic E-state index is -0.350. The molecule has 7 nitrogen and oxygen atoms in total. The largest absolute Gasteiger partial charge is 0.704 e. The van der Waals surface area contributed by atoms with Crippen LogP contribution >= 0.6 is 11.8 Å². The van der Waals surface area contributed by atoms with Crippen molar-refractivity contribution < 1.29 is 5.11 Å².